The first-order chi connectivity index (χ1) is 7.19. The van der Waals surface area contributed by atoms with Crippen LogP contribution in [0.3, 0.4) is 0 Å². The van der Waals surface area contributed by atoms with Gasteiger partial charge < -0.3 is 9.84 Å². The summed E-state index contributed by atoms with van der Waals surface area (Å²) in [7, 11) is 1.64. The van der Waals surface area contributed by atoms with Crippen LogP contribution in [0.25, 0.3) is 0 Å². The van der Waals surface area contributed by atoms with E-state index >= 15 is 0 Å². The number of ether oxygens (including phenoxy) is 1. The second kappa shape index (κ2) is 3.86. The van der Waals surface area contributed by atoms with Crippen LogP contribution < -0.4 is 4.74 Å². The number of benzene rings is 1. The monoisotopic (exact) mass is 206 g/mol. The molecule has 82 valence electrons. The molecule has 0 aliphatic heterocycles. The van der Waals surface area contributed by atoms with Crippen molar-refractivity contribution in [2.24, 2.45) is 0 Å². The maximum absolute atomic E-state index is 9.25. The molecule has 0 spiro atoms. The van der Waals surface area contributed by atoms with Crippen molar-refractivity contribution in [3.63, 3.8) is 0 Å². The SMILES string of the molecule is COc1ccc(C2(C)CCC2)cc1CO. The van der Waals surface area contributed by atoms with Crippen LogP contribution in [0.2, 0.25) is 0 Å². The Morgan fingerprint density at radius 1 is 1.40 bits per heavy atom. The van der Waals surface area contributed by atoms with Gasteiger partial charge in [0.05, 0.1) is 13.7 Å². The summed E-state index contributed by atoms with van der Waals surface area (Å²) in [6.45, 7) is 2.34. The topological polar surface area (TPSA) is 29.5 Å². The Bertz CT molecular complexity index is 354. The molecule has 15 heavy (non-hydrogen) atoms. The zero-order valence-corrected chi connectivity index (χ0v) is 9.42. The maximum atomic E-state index is 9.25. The van der Waals surface area contributed by atoms with Crippen molar-refractivity contribution in [3.8, 4) is 5.75 Å². The molecule has 1 fully saturated rings. The van der Waals surface area contributed by atoms with Crippen molar-refractivity contribution < 1.29 is 9.84 Å². The number of aliphatic hydroxyl groups is 1. The quantitative estimate of drug-likeness (QED) is 0.823. The summed E-state index contributed by atoms with van der Waals surface area (Å²) in [4.78, 5) is 0. The molecular weight excluding hydrogens is 188 g/mol. The van der Waals surface area contributed by atoms with Crippen molar-refractivity contribution in [1.82, 2.24) is 0 Å². The van der Waals surface area contributed by atoms with Gasteiger partial charge >= 0.3 is 0 Å². The first kappa shape index (κ1) is 10.5. The molecule has 1 aliphatic rings. The van der Waals surface area contributed by atoms with Crippen molar-refractivity contribution in [3.05, 3.63) is 29.3 Å². The van der Waals surface area contributed by atoms with Crippen molar-refractivity contribution in [2.45, 2.75) is 38.2 Å². The van der Waals surface area contributed by atoms with E-state index in [4.69, 9.17) is 4.74 Å². The zero-order chi connectivity index (χ0) is 10.9. The van der Waals surface area contributed by atoms with Gasteiger partial charge in [0.25, 0.3) is 0 Å². The summed E-state index contributed by atoms with van der Waals surface area (Å²) in [6.07, 6.45) is 3.82. The molecule has 1 N–H and O–H groups in total. The average molecular weight is 206 g/mol. The number of hydrogen-bond donors (Lipinski definition) is 1. The molecular formula is C13H18O2. The lowest BCUT2D eigenvalue weighted by Crippen LogP contribution is -2.30. The Morgan fingerprint density at radius 3 is 2.60 bits per heavy atom. The Morgan fingerprint density at radius 2 is 2.13 bits per heavy atom. The van der Waals surface area contributed by atoms with Gasteiger partial charge in [-0.2, -0.15) is 0 Å². The van der Waals surface area contributed by atoms with E-state index in [0.717, 1.165) is 11.3 Å². The smallest absolute Gasteiger partial charge is 0.124 e. The highest BCUT2D eigenvalue weighted by atomic mass is 16.5. The van der Waals surface area contributed by atoms with Crippen LogP contribution in [0.15, 0.2) is 18.2 Å². The van der Waals surface area contributed by atoms with E-state index in [9.17, 15) is 5.11 Å². The first-order valence-corrected chi connectivity index (χ1v) is 5.48. The highest BCUT2D eigenvalue weighted by molar-refractivity contribution is 5.40. The van der Waals surface area contributed by atoms with E-state index in [1.54, 1.807) is 7.11 Å². The fourth-order valence-corrected chi connectivity index (χ4v) is 2.27. The zero-order valence-electron chi connectivity index (χ0n) is 9.42. The van der Waals surface area contributed by atoms with Crippen LogP contribution in [0.1, 0.15) is 37.3 Å². The Hall–Kier alpha value is -1.02. The van der Waals surface area contributed by atoms with Crippen LogP contribution in [-0.4, -0.2) is 12.2 Å². The lowest BCUT2D eigenvalue weighted by atomic mass is 9.66. The summed E-state index contributed by atoms with van der Waals surface area (Å²) in [5.41, 5.74) is 2.55. The van der Waals surface area contributed by atoms with Gasteiger partial charge in [-0.05, 0) is 36.0 Å². The highest BCUT2D eigenvalue weighted by Gasteiger charge is 2.33. The molecule has 0 heterocycles. The third-order valence-electron chi connectivity index (χ3n) is 3.60. The van der Waals surface area contributed by atoms with Crippen molar-refractivity contribution in [2.75, 3.05) is 7.11 Å². The number of rotatable bonds is 3. The van der Waals surface area contributed by atoms with Crippen LogP contribution in [0.5, 0.6) is 5.75 Å². The summed E-state index contributed by atoms with van der Waals surface area (Å²) in [5.74, 6) is 0.782. The predicted molar refractivity (Wildman–Crippen MR) is 60.1 cm³/mol. The van der Waals surface area contributed by atoms with Crippen molar-refractivity contribution >= 4 is 0 Å². The predicted octanol–water partition coefficient (Wildman–Crippen LogP) is 2.63. The van der Waals surface area contributed by atoms with E-state index in [0.29, 0.717) is 5.41 Å². The van der Waals surface area contributed by atoms with E-state index in [1.807, 2.05) is 6.07 Å². The van der Waals surface area contributed by atoms with Gasteiger partial charge in [-0.3, -0.25) is 0 Å². The van der Waals surface area contributed by atoms with Gasteiger partial charge in [-0.25, -0.2) is 0 Å². The van der Waals surface area contributed by atoms with Gasteiger partial charge in [0, 0.05) is 5.56 Å². The molecule has 0 aromatic heterocycles. The molecule has 1 aromatic carbocycles. The molecule has 2 heteroatoms. The fraction of sp³-hybridized carbons (Fsp3) is 0.538. The molecule has 0 saturated heterocycles. The van der Waals surface area contributed by atoms with E-state index in [2.05, 4.69) is 19.1 Å². The molecule has 2 rings (SSSR count). The second-order valence-corrected chi connectivity index (χ2v) is 4.60. The normalized spacial score (nSPS) is 18.3. The minimum Gasteiger partial charge on any atom is -0.496 e. The molecule has 0 unspecified atom stereocenters. The molecule has 0 atom stereocenters. The third kappa shape index (κ3) is 1.74. The average Bonchev–Trinajstić information content (AvgIpc) is 2.25. The summed E-state index contributed by atoms with van der Waals surface area (Å²) < 4.78 is 5.20. The van der Waals surface area contributed by atoms with Gasteiger partial charge in [-0.1, -0.05) is 19.4 Å². The molecule has 1 saturated carbocycles. The summed E-state index contributed by atoms with van der Waals surface area (Å²) in [6, 6.07) is 6.17. The minimum absolute atomic E-state index is 0.0487. The van der Waals surface area contributed by atoms with E-state index in [1.165, 1.54) is 24.8 Å². The van der Waals surface area contributed by atoms with Crippen LogP contribution >= 0.6 is 0 Å². The van der Waals surface area contributed by atoms with Gasteiger partial charge in [0.1, 0.15) is 5.75 Å². The molecule has 1 aromatic rings. The number of hydrogen-bond acceptors (Lipinski definition) is 2. The Kier molecular flexibility index (Phi) is 2.70. The number of aliphatic hydroxyl groups excluding tert-OH is 1. The molecule has 0 amide bonds. The maximum Gasteiger partial charge on any atom is 0.124 e. The Labute approximate surface area is 90.9 Å². The highest BCUT2D eigenvalue weighted by Crippen LogP contribution is 2.44. The fourth-order valence-electron chi connectivity index (χ4n) is 2.27. The van der Waals surface area contributed by atoms with Crippen LogP contribution in [-0.2, 0) is 12.0 Å². The van der Waals surface area contributed by atoms with Crippen molar-refractivity contribution in [1.29, 1.82) is 0 Å². The Balaban J connectivity index is 2.34. The third-order valence-corrected chi connectivity index (χ3v) is 3.60. The molecule has 0 bridgehead atoms. The number of methoxy groups -OCH3 is 1. The van der Waals surface area contributed by atoms with Crippen LogP contribution in [0.4, 0.5) is 0 Å². The molecule has 2 nitrogen and oxygen atoms in total. The lowest BCUT2D eigenvalue weighted by molar-refractivity contribution is 0.263. The lowest BCUT2D eigenvalue weighted by Gasteiger charge is -2.39. The molecule has 1 aliphatic carbocycles. The minimum atomic E-state index is 0.0487. The first-order valence-electron chi connectivity index (χ1n) is 5.48. The summed E-state index contributed by atoms with van der Waals surface area (Å²) in [5, 5.41) is 9.25. The van der Waals surface area contributed by atoms with E-state index in [-0.39, 0.29) is 6.61 Å². The summed E-state index contributed by atoms with van der Waals surface area (Å²) >= 11 is 0. The largest absolute Gasteiger partial charge is 0.496 e. The van der Waals surface area contributed by atoms with Gasteiger partial charge in [0.15, 0.2) is 0 Å². The standard InChI is InChI=1S/C13H18O2/c1-13(6-3-7-13)11-4-5-12(15-2)10(8-11)9-14/h4-5,8,14H,3,6-7,9H2,1-2H3. The van der Waals surface area contributed by atoms with Gasteiger partial charge in [-0.15, -0.1) is 0 Å². The molecule has 0 radical (unpaired) electrons. The van der Waals surface area contributed by atoms with Gasteiger partial charge in [0.2, 0.25) is 0 Å². The second-order valence-electron chi connectivity index (χ2n) is 4.60. The van der Waals surface area contributed by atoms with E-state index < -0.39 is 0 Å². The van der Waals surface area contributed by atoms with Crippen LogP contribution in [0, 0.1) is 0 Å².